The van der Waals surface area contributed by atoms with Gasteiger partial charge in [0.1, 0.15) is 0 Å². The van der Waals surface area contributed by atoms with Crippen LogP contribution in [0.5, 0.6) is 0 Å². The molecule has 43 heavy (non-hydrogen) atoms. The van der Waals surface area contributed by atoms with Crippen molar-refractivity contribution >= 4 is 57.1 Å². The van der Waals surface area contributed by atoms with E-state index in [4.69, 9.17) is 11.6 Å². The van der Waals surface area contributed by atoms with Crippen molar-refractivity contribution in [1.29, 1.82) is 0 Å². The zero-order valence-corrected chi connectivity index (χ0v) is 25.3. The average molecular weight is 635 g/mol. The van der Waals surface area contributed by atoms with Gasteiger partial charge < -0.3 is 9.90 Å². The van der Waals surface area contributed by atoms with E-state index in [1.54, 1.807) is 24.4 Å². The molecule has 2 fully saturated rings. The SMILES string of the molecule is CC(C)(C)[N+]1(C(=O)[O-])CCC[C@@H](CN2C(=O)SC(=C(Cc3ccc(Cl)cc3C(F)(F)F)c3ccc4[nH]ncc4c3)C2=O)C1. The van der Waals surface area contributed by atoms with Gasteiger partial charge in [-0.3, -0.25) is 24.1 Å². The van der Waals surface area contributed by atoms with Gasteiger partial charge in [0.15, 0.2) is 0 Å². The van der Waals surface area contributed by atoms with Gasteiger partial charge in [-0.1, -0.05) is 23.7 Å². The minimum absolute atomic E-state index is 0.000316. The third-order valence-corrected chi connectivity index (χ3v) is 9.71. The van der Waals surface area contributed by atoms with Gasteiger partial charge in [-0.25, -0.2) is 0 Å². The van der Waals surface area contributed by atoms with Gasteiger partial charge in [-0.05, 0) is 92.8 Å². The Morgan fingerprint density at radius 2 is 1.93 bits per heavy atom. The Labute approximate surface area is 255 Å². The van der Waals surface area contributed by atoms with Gasteiger partial charge >= 0.3 is 6.18 Å². The van der Waals surface area contributed by atoms with Crippen LogP contribution in [0.3, 0.4) is 0 Å². The van der Waals surface area contributed by atoms with Crippen LogP contribution in [0.25, 0.3) is 16.5 Å². The summed E-state index contributed by atoms with van der Waals surface area (Å²) in [4.78, 5) is 40.6. The Morgan fingerprint density at radius 3 is 2.60 bits per heavy atom. The molecule has 8 nitrogen and oxygen atoms in total. The molecule has 1 aromatic heterocycles. The van der Waals surface area contributed by atoms with E-state index in [2.05, 4.69) is 10.2 Å². The van der Waals surface area contributed by atoms with Crippen molar-refractivity contribution in [3.05, 3.63) is 69.2 Å². The van der Waals surface area contributed by atoms with Crippen molar-refractivity contribution in [1.82, 2.24) is 15.1 Å². The number of likely N-dealkylation sites (tertiary alicyclic amines) is 1. The number of carboxylic acid groups (broad SMARTS) is 1. The predicted octanol–water partition coefficient (Wildman–Crippen LogP) is 6.25. The molecule has 0 saturated carbocycles. The van der Waals surface area contributed by atoms with Crippen LogP contribution in [-0.2, 0) is 17.4 Å². The number of imide groups is 1. The molecule has 0 spiro atoms. The number of halogens is 4. The lowest BCUT2D eigenvalue weighted by atomic mass is 9.89. The van der Waals surface area contributed by atoms with Gasteiger partial charge in [0.25, 0.3) is 17.2 Å². The van der Waals surface area contributed by atoms with Gasteiger partial charge in [0.05, 0.1) is 40.8 Å². The number of quaternary nitrogens is 1. The first-order valence-corrected chi connectivity index (χ1v) is 14.9. The molecule has 0 radical (unpaired) electrons. The van der Waals surface area contributed by atoms with Crippen molar-refractivity contribution < 1.29 is 37.1 Å². The number of aromatic nitrogens is 2. The molecule has 2 saturated heterocycles. The fraction of sp³-hybridized carbons (Fsp3) is 0.400. The number of allylic oxidation sites excluding steroid dienone is 1. The molecule has 3 amide bonds. The molecule has 228 valence electrons. The fourth-order valence-corrected chi connectivity index (χ4v) is 7.20. The third kappa shape index (κ3) is 5.92. The van der Waals surface area contributed by atoms with Crippen molar-refractivity contribution in [2.24, 2.45) is 5.92 Å². The Kier molecular flexibility index (Phi) is 8.16. The molecule has 2 aliphatic rings. The Bertz CT molecular complexity index is 1650. The molecule has 0 bridgehead atoms. The highest BCUT2D eigenvalue weighted by Gasteiger charge is 2.48. The van der Waals surface area contributed by atoms with Crippen LogP contribution in [0.4, 0.5) is 22.8 Å². The monoisotopic (exact) mass is 634 g/mol. The lowest BCUT2D eigenvalue weighted by Crippen LogP contribution is -2.71. The smallest absolute Gasteiger partial charge is 0.416 e. The van der Waals surface area contributed by atoms with E-state index < -0.39 is 34.5 Å². The predicted molar refractivity (Wildman–Crippen MR) is 156 cm³/mol. The molecule has 3 heterocycles. The first-order valence-electron chi connectivity index (χ1n) is 13.8. The van der Waals surface area contributed by atoms with Crippen LogP contribution < -0.4 is 5.11 Å². The van der Waals surface area contributed by atoms with Gasteiger partial charge in [0.2, 0.25) is 0 Å². The molecule has 1 N–H and O–H groups in total. The number of hydrogen-bond acceptors (Lipinski definition) is 6. The number of rotatable bonds is 5. The van der Waals surface area contributed by atoms with Crippen LogP contribution in [0.2, 0.25) is 5.02 Å². The van der Waals surface area contributed by atoms with Crippen molar-refractivity contribution in [3.63, 3.8) is 0 Å². The second kappa shape index (κ2) is 11.3. The summed E-state index contributed by atoms with van der Waals surface area (Å²) in [6.45, 7) is 6.04. The Balaban J connectivity index is 1.54. The number of aromatic amines is 1. The number of thioether (sulfide) groups is 1. The van der Waals surface area contributed by atoms with E-state index in [-0.39, 0.29) is 51.0 Å². The summed E-state index contributed by atoms with van der Waals surface area (Å²) in [7, 11) is 0. The highest BCUT2D eigenvalue weighted by molar-refractivity contribution is 8.18. The number of H-pyrrole nitrogens is 1. The van der Waals surface area contributed by atoms with E-state index in [0.29, 0.717) is 47.6 Å². The third-order valence-electron chi connectivity index (χ3n) is 8.45. The number of alkyl halides is 3. The first-order chi connectivity index (χ1) is 20.1. The number of carbonyl (C=O) groups excluding carboxylic acids is 3. The second-order valence-electron chi connectivity index (χ2n) is 12.1. The summed E-state index contributed by atoms with van der Waals surface area (Å²) in [5, 5.41) is 19.2. The van der Waals surface area contributed by atoms with Crippen molar-refractivity contribution in [2.45, 2.75) is 51.7 Å². The minimum atomic E-state index is -4.70. The second-order valence-corrected chi connectivity index (χ2v) is 13.5. The number of nitrogens with zero attached hydrogens (tertiary/aromatic N) is 3. The number of fused-ring (bicyclic) bond motifs is 1. The van der Waals surface area contributed by atoms with E-state index in [1.165, 1.54) is 12.1 Å². The number of amides is 3. The summed E-state index contributed by atoms with van der Waals surface area (Å²) in [6, 6.07) is 8.57. The lowest BCUT2D eigenvalue weighted by molar-refractivity contribution is -0.926. The maximum absolute atomic E-state index is 14.0. The average Bonchev–Trinajstić information content (AvgIpc) is 3.50. The zero-order chi connectivity index (χ0) is 31.3. The molecule has 2 atom stereocenters. The molecule has 2 aliphatic heterocycles. The lowest BCUT2D eigenvalue weighted by Gasteiger charge is -2.52. The summed E-state index contributed by atoms with van der Waals surface area (Å²) < 4.78 is 41.8. The maximum Gasteiger partial charge on any atom is 0.416 e. The van der Waals surface area contributed by atoms with Gasteiger partial charge in [0, 0.05) is 22.9 Å². The fourth-order valence-electron chi connectivity index (χ4n) is 6.07. The number of carbonyl (C=O) groups is 3. The van der Waals surface area contributed by atoms with Crippen molar-refractivity contribution in [2.75, 3.05) is 19.6 Å². The number of hydrogen-bond donors (Lipinski definition) is 1. The Hall–Kier alpha value is -3.35. The zero-order valence-electron chi connectivity index (χ0n) is 23.8. The standard InChI is InChI=1S/C30H30ClF3N4O4S/c1-29(2,3)38(28(41)42)10-4-5-17(16-38)15-37-26(39)25(43-27(37)40)22(18-7-9-24-20(11-18)14-35-36-24)12-19-6-8-21(31)13-23(19)30(32,33)34/h6-9,11,13-14,17H,4-5,10,12,15-16H2,1-3H3,(H-,35,36,39,41,42)/t17-,38?/m0/s1. The van der Waals surface area contributed by atoms with Gasteiger partial charge in [-0.2, -0.15) is 18.3 Å². The topological polar surface area (TPSA) is 106 Å². The molecule has 3 aromatic rings. The van der Waals surface area contributed by atoms with Crippen molar-refractivity contribution in [3.8, 4) is 0 Å². The summed E-state index contributed by atoms with van der Waals surface area (Å²) in [5.74, 6) is -0.912. The quantitative estimate of drug-likeness (QED) is 0.263. The highest BCUT2D eigenvalue weighted by atomic mass is 35.5. The van der Waals surface area contributed by atoms with Crippen LogP contribution in [0, 0.1) is 5.92 Å². The molecular formula is C30H30ClF3N4O4S. The Morgan fingerprint density at radius 1 is 1.19 bits per heavy atom. The number of nitrogens with one attached hydrogen (secondary N) is 1. The molecule has 0 aliphatic carbocycles. The summed E-state index contributed by atoms with van der Waals surface area (Å²) >= 11 is 6.58. The molecule has 1 unspecified atom stereocenters. The largest absolute Gasteiger partial charge is 0.498 e. The molecular weight excluding hydrogens is 605 g/mol. The minimum Gasteiger partial charge on any atom is -0.498 e. The molecule has 13 heteroatoms. The summed E-state index contributed by atoms with van der Waals surface area (Å²) in [5.41, 5.74) is -0.254. The number of piperidine rings is 1. The normalized spacial score (nSPS) is 22.9. The maximum atomic E-state index is 14.0. The summed E-state index contributed by atoms with van der Waals surface area (Å²) in [6.07, 6.45) is -3.43. The van der Waals surface area contributed by atoms with E-state index in [1.807, 2.05) is 20.8 Å². The highest BCUT2D eigenvalue weighted by Crippen LogP contribution is 2.42. The van der Waals surface area contributed by atoms with Gasteiger partial charge in [-0.15, -0.1) is 0 Å². The van der Waals surface area contributed by atoms with Crippen LogP contribution in [0.15, 0.2) is 47.5 Å². The van der Waals surface area contributed by atoms with Crippen LogP contribution in [-0.4, -0.2) is 62.0 Å². The molecule has 2 aromatic carbocycles. The first kappa shape index (κ1) is 31.1. The van der Waals surface area contributed by atoms with E-state index >= 15 is 0 Å². The van der Waals surface area contributed by atoms with Crippen LogP contribution >= 0.6 is 23.4 Å². The van der Waals surface area contributed by atoms with Crippen LogP contribution in [0.1, 0.15) is 50.3 Å². The molecule has 5 rings (SSSR count). The number of benzene rings is 2. The van der Waals surface area contributed by atoms with E-state index in [0.717, 1.165) is 11.0 Å². The van der Waals surface area contributed by atoms with E-state index in [9.17, 15) is 32.7 Å².